The van der Waals surface area contributed by atoms with E-state index in [0.29, 0.717) is 5.56 Å². The van der Waals surface area contributed by atoms with Crippen molar-refractivity contribution in [1.29, 1.82) is 0 Å². The number of halogens is 3. The monoisotopic (exact) mass is 546 g/mol. The number of hydrogen-bond donors (Lipinski definition) is 2. The maximum atomic E-state index is 13.4. The summed E-state index contributed by atoms with van der Waals surface area (Å²) < 4.78 is 40.1. The summed E-state index contributed by atoms with van der Waals surface area (Å²) in [5.41, 5.74) is 1.08. The summed E-state index contributed by atoms with van der Waals surface area (Å²) in [6.07, 6.45) is 10.7. The Morgan fingerprint density at radius 1 is 0.944 bits per heavy atom. The third-order valence-corrected chi connectivity index (χ3v) is 7.15. The van der Waals surface area contributed by atoms with Crippen molar-refractivity contribution in [3.8, 4) is 11.3 Å². The van der Waals surface area contributed by atoms with Crippen LogP contribution in [0.15, 0.2) is 36.4 Å². The summed E-state index contributed by atoms with van der Waals surface area (Å²) in [4.78, 5) is 3.79. The summed E-state index contributed by atoms with van der Waals surface area (Å²) >= 11 is 0. The molecular weight excluding hydrogens is 505 g/mol. The Balaban J connectivity index is 0.000000678. The summed E-state index contributed by atoms with van der Waals surface area (Å²) in [5, 5.41) is 13.7. The average molecular weight is 546 g/mol. The largest absolute Gasteiger partial charge is 0.433 e. The summed E-state index contributed by atoms with van der Waals surface area (Å²) in [6.45, 7) is 2.89. The number of pyridine rings is 1. The molecule has 1 aromatic heterocycles. The number of aryl methyl sites for hydroxylation is 1. The van der Waals surface area contributed by atoms with E-state index in [0.717, 1.165) is 36.9 Å². The van der Waals surface area contributed by atoms with Crippen molar-refractivity contribution in [3.63, 3.8) is 0 Å². The molecule has 2 aliphatic carbocycles. The molecule has 0 aliphatic heterocycles. The van der Waals surface area contributed by atoms with E-state index in [1.165, 1.54) is 64.2 Å². The van der Waals surface area contributed by atoms with Crippen LogP contribution >= 0.6 is 0 Å². The Morgan fingerprint density at radius 3 is 2.14 bits per heavy atom. The van der Waals surface area contributed by atoms with Gasteiger partial charge in [-0.15, -0.1) is 0 Å². The van der Waals surface area contributed by atoms with Gasteiger partial charge in [0.25, 0.3) is 0 Å². The van der Waals surface area contributed by atoms with Gasteiger partial charge in [0, 0.05) is 29.2 Å². The fourth-order valence-corrected chi connectivity index (χ4v) is 4.98. The van der Waals surface area contributed by atoms with Crippen LogP contribution in [0.1, 0.15) is 100.0 Å². The van der Waals surface area contributed by atoms with Crippen LogP contribution in [0.3, 0.4) is 0 Å². The van der Waals surface area contributed by atoms with Gasteiger partial charge in [-0.3, -0.25) is 0 Å². The first-order valence-corrected chi connectivity index (χ1v) is 13.4. The fourth-order valence-electron chi connectivity index (χ4n) is 4.98. The molecule has 2 aliphatic rings. The van der Waals surface area contributed by atoms with Gasteiger partial charge in [0.15, 0.2) is 0 Å². The molecule has 3 nitrogen and oxygen atoms in total. The Bertz CT molecular complexity index is 871. The van der Waals surface area contributed by atoms with E-state index in [-0.39, 0.29) is 34.9 Å². The number of aromatic nitrogens is 1. The molecule has 2 saturated carbocycles. The van der Waals surface area contributed by atoms with E-state index >= 15 is 0 Å². The van der Waals surface area contributed by atoms with E-state index in [1.807, 2.05) is 19.1 Å². The van der Waals surface area contributed by atoms with Crippen molar-refractivity contribution in [2.24, 2.45) is 5.92 Å². The van der Waals surface area contributed by atoms with E-state index in [2.05, 4.69) is 10.3 Å². The number of nitrogens with one attached hydrogen (secondary N) is 1. The Morgan fingerprint density at radius 2 is 1.56 bits per heavy atom. The Labute approximate surface area is 225 Å². The minimum atomic E-state index is -4.57. The van der Waals surface area contributed by atoms with Gasteiger partial charge in [-0.05, 0) is 43.5 Å². The summed E-state index contributed by atoms with van der Waals surface area (Å²) in [5.74, 6) is 0.869. The molecule has 1 heterocycles. The standard InChI is InChI=1S/C24H31F3N2O.C5H10.Fe/c1-17-9-11-19(12-10-17)21-14-20(15-23(29-21)24(25,26)27)22(30)16-28-13-5-4-8-18-6-2-3-7-18;1-2-4-5-3-1;/h9-12,14-15,18,22,28,30H,2-8,13,16H2,1H3;1-5H2;. The molecule has 2 fully saturated rings. The van der Waals surface area contributed by atoms with Crippen LogP contribution in [0.2, 0.25) is 0 Å². The molecule has 0 radical (unpaired) electrons. The number of unbranched alkanes of at least 4 members (excludes halogenated alkanes) is 1. The fraction of sp³-hybridized carbons (Fsp3) is 0.621. The molecule has 36 heavy (non-hydrogen) atoms. The second-order valence-corrected chi connectivity index (χ2v) is 10.2. The zero-order chi connectivity index (χ0) is 25.1. The number of rotatable bonds is 9. The average Bonchev–Trinajstić information content (AvgIpc) is 3.58. The van der Waals surface area contributed by atoms with E-state index in [9.17, 15) is 18.3 Å². The molecule has 0 spiro atoms. The molecule has 1 aromatic carbocycles. The van der Waals surface area contributed by atoms with Gasteiger partial charge in [-0.2, -0.15) is 13.2 Å². The molecular formula is C29H41F3FeN2O. The normalized spacial score (nSPS) is 16.8. The molecule has 0 saturated heterocycles. The molecule has 7 heteroatoms. The molecule has 202 valence electrons. The van der Waals surface area contributed by atoms with Crippen LogP contribution in [0.5, 0.6) is 0 Å². The first kappa shape index (κ1) is 30.8. The summed E-state index contributed by atoms with van der Waals surface area (Å²) in [7, 11) is 0. The molecule has 4 rings (SSSR count). The van der Waals surface area contributed by atoms with Crippen LogP contribution < -0.4 is 5.32 Å². The van der Waals surface area contributed by atoms with Crippen molar-refractivity contribution in [1.82, 2.24) is 10.3 Å². The van der Waals surface area contributed by atoms with Crippen LogP contribution in [0.4, 0.5) is 13.2 Å². The van der Waals surface area contributed by atoms with Gasteiger partial charge in [-0.1, -0.05) is 100 Å². The van der Waals surface area contributed by atoms with Crippen LogP contribution in [0.25, 0.3) is 11.3 Å². The van der Waals surface area contributed by atoms with Crippen LogP contribution in [-0.2, 0) is 23.2 Å². The predicted molar refractivity (Wildman–Crippen MR) is 136 cm³/mol. The zero-order valence-electron chi connectivity index (χ0n) is 21.4. The Kier molecular flexibility index (Phi) is 13.5. The van der Waals surface area contributed by atoms with Gasteiger partial charge in [-0.25, -0.2) is 4.98 Å². The maximum absolute atomic E-state index is 13.4. The number of aliphatic hydroxyl groups excluding tert-OH is 1. The molecule has 1 unspecified atom stereocenters. The molecule has 1 atom stereocenters. The van der Waals surface area contributed by atoms with Gasteiger partial charge in [0.2, 0.25) is 0 Å². The smallest absolute Gasteiger partial charge is 0.387 e. The van der Waals surface area contributed by atoms with Gasteiger partial charge >= 0.3 is 6.18 Å². The van der Waals surface area contributed by atoms with Crippen molar-refractivity contribution < 1.29 is 35.3 Å². The summed E-state index contributed by atoms with van der Waals surface area (Å²) in [6, 6.07) is 9.66. The van der Waals surface area contributed by atoms with Crippen LogP contribution in [0, 0.1) is 12.8 Å². The third-order valence-electron chi connectivity index (χ3n) is 7.15. The minimum absolute atomic E-state index is 0. The van der Waals surface area contributed by atoms with Gasteiger partial charge < -0.3 is 10.4 Å². The van der Waals surface area contributed by atoms with Crippen molar-refractivity contribution in [2.45, 2.75) is 96.3 Å². The maximum Gasteiger partial charge on any atom is 0.433 e. The predicted octanol–water partition coefficient (Wildman–Crippen LogP) is 8.01. The van der Waals surface area contributed by atoms with E-state index < -0.39 is 18.0 Å². The molecule has 2 aromatic rings. The van der Waals surface area contributed by atoms with E-state index in [1.54, 1.807) is 18.2 Å². The van der Waals surface area contributed by atoms with Gasteiger partial charge in [0.05, 0.1) is 11.8 Å². The molecule has 0 bridgehead atoms. The quantitative estimate of drug-likeness (QED) is 0.247. The number of nitrogens with zero attached hydrogens (tertiary/aromatic N) is 1. The Hall–Kier alpha value is -1.40. The van der Waals surface area contributed by atoms with Crippen molar-refractivity contribution in [2.75, 3.05) is 13.1 Å². The second kappa shape index (κ2) is 15.8. The van der Waals surface area contributed by atoms with Gasteiger partial charge in [0.1, 0.15) is 5.69 Å². The molecule has 2 N–H and O–H groups in total. The second-order valence-electron chi connectivity index (χ2n) is 10.2. The SMILES string of the molecule is C1CCCC1.Cc1ccc(-c2cc(C(O)CNCCCCC3CCCC3)cc(C(F)(F)F)n2)cc1.[Fe]. The number of hydrogen-bond acceptors (Lipinski definition) is 3. The van der Waals surface area contributed by atoms with E-state index in [4.69, 9.17) is 0 Å². The topological polar surface area (TPSA) is 45.1 Å². The van der Waals surface area contributed by atoms with Crippen molar-refractivity contribution in [3.05, 3.63) is 53.2 Å². The number of aliphatic hydroxyl groups is 1. The first-order valence-electron chi connectivity index (χ1n) is 13.4. The van der Waals surface area contributed by atoms with Crippen LogP contribution in [-0.4, -0.2) is 23.2 Å². The van der Waals surface area contributed by atoms with Crippen molar-refractivity contribution >= 4 is 0 Å². The number of benzene rings is 1. The third kappa shape index (κ3) is 10.5. The first-order chi connectivity index (χ1) is 16.8. The minimum Gasteiger partial charge on any atom is -0.387 e. The number of alkyl halides is 3. The molecule has 0 amide bonds. The zero-order valence-corrected chi connectivity index (χ0v) is 22.5.